The number of rotatable bonds is 18. The molecule has 0 saturated carbocycles. The van der Waals surface area contributed by atoms with E-state index >= 15 is 0 Å². The molecule has 0 aliphatic rings. The number of nitrogens with one attached hydrogen (secondary N) is 6. The smallest absolute Gasteiger partial charge is 0.251 e. The molecule has 0 spiro atoms. The topological polar surface area (TPSA) is 174 Å². The first-order valence-electron chi connectivity index (χ1n) is 17.0. The molecule has 0 fully saturated rings. The van der Waals surface area contributed by atoms with Crippen molar-refractivity contribution in [3.05, 3.63) is 84.7 Å². The largest absolute Gasteiger partial charge is 0.354 e. The van der Waals surface area contributed by atoms with Gasteiger partial charge in [0, 0.05) is 24.2 Å². The first-order valence-corrected chi connectivity index (χ1v) is 17.0. The van der Waals surface area contributed by atoms with Crippen LogP contribution in [0.4, 0.5) is 0 Å². The van der Waals surface area contributed by atoms with Gasteiger partial charge in [-0.25, -0.2) is 9.97 Å². The van der Waals surface area contributed by atoms with Crippen molar-refractivity contribution in [2.75, 3.05) is 13.1 Å². The van der Waals surface area contributed by atoms with Crippen molar-refractivity contribution in [2.24, 2.45) is 11.8 Å². The number of imidazole rings is 2. The summed E-state index contributed by atoms with van der Waals surface area (Å²) in [5, 5.41) is 11.7. The highest BCUT2D eigenvalue weighted by molar-refractivity contribution is 5.98. The van der Waals surface area contributed by atoms with Crippen LogP contribution in [0.5, 0.6) is 0 Å². The van der Waals surface area contributed by atoms with Crippen molar-refractivity contribution in [1.29, 1.82) is 0 Å². The van der Waals surface area contributed by atoms with Crippen molar-refractivity contribution in [1.82, 2.24) is 41.2 Å². The SMILES string of the molecule is CC(C)[C@H](NC(=O)c1ccc(-c2cnc[nH]2)cc1)C(=O)NCCCCCCCNC(=O)[C@@H](NC(=O)c1ccc(-c2cnc[nH]2)cc1)C(C)C. The molecule has 2 aromatic heterocycles. The number of nitrogens with zero attached hydrogens (tertiary/aromatic N) is 2. The summed E-state index contributed by atoms with van der Waals surface area (Å²) in [7, 11) is 0. The van der Waals surface area contributed by atoms with Gasteiger partial charge in [0.05, 0.1) is 36.4 Å². The second-order valence-electron chi connectivity index (χ2n) is 12.8. The Kier molecular flexibility index (Phi) is 13.7. The Morgan fingerprint density at radius 1 is 0.571 bits per heavy atom. The van der Waals surface area contributed by atoms with Gasteiger partial charge in [0.1, 0.15) is 12.1 Å². The minimum Gasteiger partial charge on any atom is -0.354 e. The second kappa shape index (κ2) is 18.3. The molecule has 12 heteroatoms. The molecule has 2 aromatic carbocycles. The van der Waals surface area contributed by atoms with E-state index in [-0.39, 0.29) is 35.5 Å². The van der Waals surface area contributed by atoms with E-state index in [1.54, 1.807) is 49.3 Å². The maximum absolute atomic E-state index is 12.9. The average molecular weight is 669 g/mol. The highest BCUT2D eigenvalue weighted by Gasteiger charge is 2.25. The van der Waals surface area contributed by atoms with Crippen LogP contribution in [-0.4, -0.2) is 68.7 Å². The molecule has 0 unspecified atom stereocenters. The van der Waals surface area contributed by atoms with Crippen LogP contribution in [0.15, 0.2) is 73.6 Å². The molecular weight excluding hydrogens is 620 g/mol. The van der Waals surface area contributed by atoms with Gasteiger partial charge in [-0.3, -0.25) is 19.2 Å². The Hall–Kier alpha value is -5.26. The van der Waals surface area contributed by atoms with Crippen LogP contribution in [0.25, 0.3) is 22.5 Å². The van der Waals surface area contributed by atoms with Crippen LogP contribution in [-0.2, 0) is 9.59 Å². The maximum Gasteiger partial charge on any atom is 0.251 e. The molecule has 4 aromatic rings. The summed E-state index contributed by atoms with van der Waals surface area (Å²) in [5.41, 5.74) is 4.53. The van der Waals surface area contributed by atoms with Gasteiger partial charge in [-0.15, -0.1) is 0 Å². The lowest BCUT2D eigenvalue weighted by molar-refractivity contribution is -0.124. The first-order chi connectivity index (χ1) is 23.6. The van der Waals surface area contributed by atoms with E-state index in [0.717, 1.165) is 54.6 Å². The van der Waals surface area contributed by atoms with Crippen molar-refractivity contribution in [3.63, 3.8) is 0 Å². The zero-order valence-corrected chi connectivity index (χ0v) is 28.7. The fourth-order valence-corrected chi connectivity index (χ4v) is 5.37. The van der Waals surface area contributed by atoms with E-state index in [1.807, 2.05) is 52.0 Å². The monoisotopic (exact) mass is 668 g/mol. The molecule has 0 radical (unpaired) electrons. The highest BCUT2D eigenvalue weighted by Crippen LogP contribution is 2.18. The highest BCUT2D eigenvalue weighted by atomic mass is 16.2. The summed E-state index contributed by atoms with van der Waals surface area (Å²) >= 11 is 0. The van der Waals surface area contributed by atoms with Gasteiger partial charge >= 0.3 is 0 Å². The van der Waals surface area contributed by atoms with Crippen LogP contribution in [0, 0.1) is 11.8 Å². The van der Waals surface area contributed by atoms with Gasteiger partial charge in [0.2, 0.25) is 11.8 Å². The minimum absolute atomic E-state index is 0.0772. The standard InChI is InChI=1S/C37H48N8O4/c1-24(2)32(44-34(46)28-14-10-26(11-15-28)30-20-38-22-42-30)36(48)40-18-8-6-5-7-9-19-41-37(49)33(25(3)4)45-35(47)29-16-12-27(13-17-29)31-21-39-23-43-31/h10-17,20-25,32-33H,5-9,18-19H2,1-4H3,(H,38,42)(H,39,43)(H,40,48)(H,41,49)(H,44,46)(H,45,47)/t32-,33-/m0/s1. The number of aromatic amines is 2. The number of hydrogen-bond acceptors (Lipinski definition) is 6. The molecule has 0 saturated heterocycles. The summed E-state index contributed by atoms with van der Waals surface area (Å²) < 4.78 is 0. The molecule has 0 aliphatic heterocycles. The predicted octanol–water partition coefficient (Wildman–Crippen LogP) is 4.86. The normalized spacial score (nSPS) is 12.4. The Bertz CT molecular complexity index is 1490. The third-order valence-corrected chi connectivity index (χ3v) is 8.34. The Morgan fingerprint density at radius 3 is 1.27 bits per heavy atom. The Balaban J connectivity index is 1.09. The lowest BCUT2D eigenvalue weighted by Gasteiger charge is -2.22. The number of benzene rings is 2. The number of carbonyl (C=O) groups excluding carboxylic acids is 4. The minimum atomic E-state index is -0.643. The van der Waals surface area contributed by atoms with E-state index in [2.05, 4.69) is 41.2 Å². The fraction of sp³-hybridized carbons (Fsp3) is 0.405. The molecule has 4 rings (SSSR count). The molecule has 0 aliphatic carbocycles. The third-order valence-electron chi connectivity index (χ3n) is 8.34. The fourth-order valence-electron chi connectivity index (χ4n) is 5.37. The zero-order valence-electron chi connectivity index (χ0n) is 28.7. The van der Waals surface area contributed by atoms with Crippen molar-refractivity contribution < 1.29 is 19.2 Å². The van der Waals surface area contributed by atoms with E-state index < -0.39 is 12.1 Å². The molecular formula is C37H48N8O4. The van der Waals surface area contributed by atoms with Crippen LogP contribution in [0.2, 0.25) is 0 Å². The quantitative estimate of drug-likeness (QED) is 0.0826. The summed E-state index contributed by atoms with van der Waals surface area (Å²) in [6.07, 6.45) is 11.1. The summed E-state index contributed by atoms with van der Waals surface area (Å²) in [5.74, 6) is -1.14. The molecule has 6 N–H and O–H groups in total. The van der Waals surface area contributed by atoms with Gasteiger partial charge in [0.25, 0.3) is 11.8 Å². The molecule has 260 valence electrons. The predicted molar refractivity (Wildman–Crippen MR) is 189 cm³/mol. The number of amides is 4. The molecule has 0 bridgehead atoms. The molecule has 2 atom stereocenters. The summed E-state index contributed by atoms with van der Waals surface area (Å²) in [6, 6.07) is 13.0. The number of carbonyl (C=O) groups is 4. The molecule has 12 nitrogen and oxygen atoms in total. The van der Waals surface area contributed by atoms with E-state index in [1.165, 1.54) is 0 Å². The lowest BCUT2D eigenvalue weighted by Crippen LogP contribution is -2.49. The van der Waals surface area contributed by atoms with Crippen molar-refractivity contribution in [3.8, 4) is 22.5 Å². The number of H-pyrrole nitrogens is 2. The lowest BCUT2D eigenvalue weighted by atomic mass is 10.0. The van der Waals surface area contributed by atoms with Gasteiger partial charge in [-0.1, -0.05) is 71.2 Å². The van der Waals surface area contributed by atoms with Gasteiger partial charge in [-0.2, -0.15) is 0 Å². The maximum atomic E-state index is 12.9. The van der Waals surface area contributed by atoms with Crippen LogP contribution >= 0.6 is 0 Å². The van der Waals surface area contributed by atoms with Crippen molar-refractivity contribution >= 4 is 23.6 Å². The second-order valence-corrected chi connectivity index (χ2v) is 12.8. The Labute approximate surface area is 287 Å². The van der Waals surface area contributed by atoms with Crippen LogP contribution in [0.3, 0.4) is 0 Å². The Morgan fingerprint density at radius 2 is 0.939 bits per heavy atom. The first kappa shape index (κ1) is 36.6. The molecule has 4 amide bonds. The number of hydrogen-bond donors (Lipinski definition) is 6. The average Bonchev–Trinajstić information content (AvgIpc) is 3.84. The third kappa shape index (κ3) is 10.9. The van der Waals surface area contributed by atoms with Gasteiger partial charge in [-0.05, 0) is 60.1 Å². The van der Waals surface area contributed by atoms with Gasteiger partial charge in [0.15, 0.2) is 0 Å². The van der Waals surface area contributed by atoms with E-state index in [9.17, 15) is 19.2 Å². The number of unbranched alkanes of at least 4 members (excludes halogenated alkanes) is 4. The van der Waals surface area contributed by atoms with Crippen molar-refractivity contribution in [2.45, 2.75) is 71.9 Å². The number of aromatic nitrogens is 4. The summed E-state index contributed by atoms with van der Waals surface area (Å²) in [6.45, 7) is 8.67. The van der Waals surface area contributed by atoms with E-state index in [0.29, 0.717) is 24.2 Å². The van der Waals surface area contributed by atoms with Gasteiger partial charge < -0.3 is 31.2 Å². The summed E-state index contributed by atoms with van der Waals surface area (Å²) in [4.78, 5) is 65.6. The molecule has 2 heterocycles. The van der Waals surface area contributed by atoms with Crippen LogP contribution < -0.4 is 21.3 Å². The zero-order chi connectivity index (χ0) is 35.2. The molecule has 49 heavy (non-hydrogen) atoms. The van der Waals surface area contributed by atoms with E-state index in [4.69, 9.17) is 0 Å². The van der Waals surface area contributed by atoms with Crippen LogP contribution in [0.1, 0.15) is 80.5 Å².